The molecule has 0 saturated heterocycles. The quantitative estimate of drug-likeness (QED) is 0.938. The summed E-state index contributed by atoms with van der Waals surface area (Å²) in [6.07, 6.45) is 0. The van der Waals surface area contributed by atoms with E-state index in [0.717, 1.165) is 16.9 Å². The molecule has 0 fully saturated rings. The summed E-state index contributed by atoms with van der Waals surface area (Å²) < 4.78 is 0. The summed E-state index contributed by atoms with van der Waals surface area (Å²) in [5.41, 5.74) is 5.73. The van der Waals surface area contributed by atoms with E-state index < -0.39 is 0 Å². The molecule has 0 saturated carbocycles. The van der Waals surface area contributed by atoms with Gasteiger partial charge in [0, 0.05) is 30.2 Å². The van der Waals surface area contributed by atoms with Gasteiger partial charge in [0.25, 0.3) is 5.91 Å². The van der Waals surface area contributed by atoms with Crippen LogP contribution in [0.4, 0.5) is 5.69 Å². The lowest BCUT2D eigenvalue weighted by atomic mass is 10.1. The molecule has 1 heterocycles. The van der Waals surface area contributed by atoms with E-state index in [1.165, 1.54) is 4.88 Å². The van der Waals surface area contributed by atoms with Crippen LogP contribution in [0.15, 0.2) is 23.7 Å². The zero-order valence-electron chi connectivity index (χ0n) is 13.1. The van der Waals surface area contributed by atoms with Gasteiger partial charge in [-0.25, -0.2) is 4.98 Å². The van der Waals surface area contributed by atoms with Gasteiger partial charge in [0.1, 0.15) is 0 Å². The van der Waals surface area contributed by atoms with Crippen LogP contribution >= 0.6 is 11.3 Å². The molecule has 1 unspecified atom stereocenters. The fraction of sp³-hybridized carbons (Fsp3) is 0.375. The highest BCUT2D eigenvalue weighted by Gasteiger charge is 2.14. The van der Waals surface area contributed by atoms with Gasteiger partial charge < -0.3 is 10.2 Å². The second-order valence-corrected chi connectivity index (χ2v) is 6.28. The molecule has 0 spiro atoms. The molecule has 1 N–H and O–H groups in total. The van der Waals surface area contributed by atoms with E-state index in [-0.39, 0.29) is 11.9 Å². The Kier molecular flexibility index (Phi) is 4.63. The Morgan fingerprint density at radius 3 is 2.62 bits per heavy atom. The molecule has 0 aliphatic carbocycles. The molecule has 1 aromatic heterocycles. The summed E-state index contributed by atoms with van der Waals surface area (Å²) in [6, 6.07) is 5.93. The standard InChI is InChI=1S/C16H21N3OS/c1-10-6-7-13(16(20)19(4)5)8-14(10)18-12(3)15-11(2)17-9-21-15/h6-9,12,18H,1-5H3. The van der Waals surface area contributed by atoms with Crippen LogP contribution in [0, 0.1) is 13.8 Å². The van der Waals surface area contributed by atoms with E-state index in [1.807, 2.05) is 37.6 Å². The van der Waals surface area contributed by atoms with Crippen LogP contribution in [0.5, 0.6) is 0 Å². The molecule has 2 rings (SSSR count). The zero-order valence-corrected chi connectivity index (χ0v) is 13.9. The van der Waals surface area contributed by atoms with Crippen molar-refractivity contribution in [1.29, 1.82) is 0 Å². The van der Waals surface area contributed by atoms with Gasteiger partial charge in [0.05, 0.1) is 17.2 Å². The minimum atomic E-state index is 0.0136. The summed E-state index contributed by atoms with van der Waals surface area (Å²) in [7, 11) is 3.52. The second-order valence-electron chi connectivity index (χ2n) is 5.40. The second kappa shape index (κ2) is 6.26. The largest absolute Gasteiger partial charge is 0.377 e. The van der Waals surface area contributed by atoms with Gasteiger partial charge in [-0.1, -0.05) is 6.07 Å². The predicted octanol–water partition coefficient (Wildman–Crippen LogP) is 3.63. The minimum absolute atomic E-state index is 0.0136. The number of carbonyl (C=O) groups is 1. The first-order chi connectivity index (χ1) is 9.90. The van der Waals surface area contributed by atoms with Crippen molar-refractivity contribution in [3.05, 3.63) is 45.4 Å². The molecular weight excluding hydrogens is 282 g/mol. The molecule has 0 aliphatic rings. The Labute approximate surface area is 129 Å². The van der Waals surface area contributed by atoms with Crippen molar-refractivity contribution in [3.8, 4) is 0 Å². The summed E-state index contributed by atoms with van der Waals surface area (Å²) in [6.45, 7) is 6.17. The molecule has 2 aromatic rings. The van der Waals surface area contributed by atoms with Gasteiger partial charge in [0.2, 0.25) is 0 Å². The minimum Gasteiger partial charge on any atom is -0.377 e. The number of rotatable bonds is 4. The number of amides is 1. The lowest BCUT2D eigenvalue weighted by Gasteiger charge is -2.18. The third-order valence-corrected chi connectivity index (χ3v) is 4.55. The fourth-order valence-corrected chi connectivity index (χ4v) is 3.00. The average Bonchev–Trinajstić information content (AvgIpc) is 2.86. The maximum absolute atomic E-state index is 12.1. The van der Waals surface area contributed by atoms with Crippen LogP contribution < -0.4 is 5.32 Å². The van der Waals surface area contributed by atoms with Crippen molar-refractivity contribution in [1.82, 2.24) is 9.88 Å². The first kappa shape index (κ1) is 15.5. The summed E-state index contributed by atoms with van der Waals surface area (Å²) in [4.78, 5) is 19.2. The van der Waals surface area contributed by atoms with E-state index in [9.17, 15) is 4.79 Å². The van der Waals surface area contributed by atoms with Crippen molar-refractivity contribution in [3.63, 3.8) is 0 Å². The molecule has 4 nitrogen and oxygen atoms in total. The van der Waals surface area contributed by atoms with E-state index in [0.29, 0.717) is 5.56 Å². The van der Waals surface area contributed by atoms with Crippen LogP contribution in [-0.4, -0.2) is 29.9 Å². The van der Waals surface area contributed by atoms with Crippen LogP contribution in [0.1, 0.15) is 39.5 Å². The van der Waals surface area contributed by atoms with Crippen LogP contribution in [0.25, 0.3) is 0 Å². The smallest absolute Gasteiger partial charge is 0.253 e. The first-order valence-corrected chi connectivity index (χ1v) is 7.77. The van der Waals surface area contributed by atoms with Gasteiger partial charge in [0.15, 0.2) is 0 Å². The van der Waals surface area contributed by atoms with Crippen molar-refractivity contribution in [2.45, 2.75) is 26.8 Å². The number of carbonyl (C=O) groups excluding carboxylic acids is 1. The fourth-order valence-electron chi connectivity index (χ4n) is 2.19. The molecule has 5 heteroatoms. The Morgan fingerprint density at radius 2 is 2.05 bits per heavy atom. The summed E-state index contributed by atoms with van der Waals surface area (Å²) in [5.74, 6) is 0.0136. The van der Waals surface area contributed by atoms with Gasteiger partial charge in [-0.15, -0.1) is 11.3 Å². The normalized spacial score (nSPS) is 12.0. The van der Waals surface area contributed by atoms with Gasteiger partial charge in [-0.3, -0.25) is 4.79 Å². The van der Waals surface area contributed by atoms with Gasteiger partial charge in [-0.2, -0.15) is 0 Å². The molecule has 0 bridgehead atoms. The maximum atomic E-state index is 12.1. The number of nitrogens with one attached hydrogen (secondary N) is 1. The number of aryl methyl sites for hydroxylation is 2. The van der Waals surface area contributed by atoms with E-state index in [4.69, 9.17) is 0 Å². The van der Waals surface area contributed by atoms with Crippen molar-refractivity contribution >= 4 is 22.9 Å². The number of thiazole rings is 1. The SMILES string of the molecule is Cc1ccc(C(=O)N(C)C)cc1NC(C)c1scnc1C. The maximum Gasteiger partial charge on any atom is 0.253 e. The Bertz CT molecular complexity index is 649. The highest BCUT2D eigenvalue weighted by molar-refractivity contribution is 7.09. The topological polar surface area (TPSA) is 45.2 Å². The molecule has 1 amide bonds. The number of aromatic nitrogens is 1. The molecule has 1 atom stereocenters. The monoisotopic (exact) mass is 303 g/mol. The van der Waals surface area contributed by atoms with Crippen molar-refractivity contribution in [2.75, 3.05) is 19.4 Å². The number of nitrogens with zero attached hydrogens (tertiary/aromatic N) is 2. The highest BCUT2D eigenvalue weighted by Crippen LogP contribution is 2.27. The Balaban J connectivity index is 2.25. The zero-order chi connectivity index (χ0) is 15.6. The predicted molar refractivity (Wildman–Crippen MR) is 88.1 cm³/mol. The van der Waals surface area contributed by atoms with E-state index >= 15 is 0 Å². The van der Waals surface area contributed by atoms with Crippen molar-refractivity contribution in [2.24, 2.45) is 0 Å². The lowest BCUT2D eigenvalue weighted by Crippen LogP contribution is -2.21. The highest BCUT2D eigenvalue weighted by atomic mass is 32.1. The van der Waals surface area contributed by atoms with Crippen LogP contribution in [0.3, 0.4) is 0 Å². The van der Waals surface area contributed by atoms with Gasteiger partial charge in [-0.05, 0) is 38.5 Å². The lowest BCUT2D eigenvalue weighted by molar-refractivity contribution is 0.0827. The number of hydrogen-bond acceptors (Lipinski definition) is 4. The third-order valence-electron chi connectivity index (χ3n) is 3.44. The summed E-state index contributed by atoms with van der Waals surface area (Å²) in [5, 5.41) is 3.49. The van der Waals surface area contributed by atoms with E-state index in [2.05, 4.69) is 17.2 Å². The molecular formula is C16H21N3OS. The third kappa shape index (κ3) is 3.42. The summed E-state index contributed by atoms with van der Waals surface area (Å²) >= 11 is 1.65. The Hall–Kier alpha value is -1.88. The number of anilines is 1. The number of hydrogen-bond donors (Lipinski definition) is 1. The molecule has 0 aliphatic heterocycles. The molecule has 112 valence electrons. The molecule has 1 aromatic carbocycles. The average molecular weight is 303 g/mol. The van der Waals surface area contributed by atoms with Gasteiger partial charge >= 0.3 is 0 Å². The number of benzene rings is 1. The van der Waals surface area contributed by atoms with Crippen LogP contribution in [0.2, 0.25) is 0 Å². The first-order valence-electron chi connectivity index (χ1n) is 6.89. The molecule has 0 radical (unpaired) electrons. The van der Waals surface area contributed by atoms with Crippen molar-refractivity contribution < 1.29 is 4.79 Å². The Morgan fingerprint density at radius 1 is 1.33 bits per heavy atom. The van der Waals surface area contributed by atoms with E-state index in [1.54, 1.807) is 30.3 Å². The van der Waals surface area contributed by atoms with Crippen LogP contribution in [-0.2, 0) is 0 Å². The molecule has 21 heavy (non-hydrogen) atoms.